The van der Waals surface area contributed by atoms with Crippen LogP contribution >= 0.6 is 11.3 Å². The molecule has 2 amide bonds. The van der Waals surface area contributed by atoms with Crippen LogP contribution in [0.4, 0.5) is 0 Å². The highest BCUT2D eigenvalue weighted by Gasteiger charge is 2.28. The number of aromatic amines is 1. The number of ketones is 1. The first-order valence-corrected chi connectivity index (χ1v) is 9.97. The fourth-order valence-corrected chi connectivity index (χ4v) is 4.21. The molecule has 10 heteroatoms. The van der Waals surface area contributed by atoms with Crippen LogP contribution in [0, 0.1) is 6.92 Å². The van der Waals surface area contributed by atoms with Gasteiger partial charge in [-0.25, -0.2) is 9.97 Å². The largest absolute Gasteiger partial charge is 0.363 e. The van der Waals surface area contributed by atoms with E-state index < -0.39 is 23.6 Å². The van der Waals surface area contributed by atoms with Crippen LogP contribution in [0.15, 0.2) is 48.2 Å². The molecule has 4 heterocycles. The maximum absolute atomic E-state index is 13.0. The Hall–Kier alpha value is -3.79. The summed E-state index contributed by atoms with van der Waals surface area (Å²) in [7, 11) is 0. The van der Waals surface area contributed by atoms with Gasteiger partial charge in [0.1, 0.15) is 23.4 Å². The smallest absolute Gasteiger partial charge is 0.287 e. The van der Waals surface area contributed by atoms with E-state index in [0.717, 1.165) is 15.8 Å². The first-order chi connectivity index (χ1) is 14.5. The molecule has 0 saturated heterocycles. The lowest BCUT2D eigenvalue weighted by Gasteiger charge is -2.17. The number of H-pyrrole nitrogens is 1. The molecule has 9 nitrogen and oxygen atoms in total. The Kier molecular flexibility index (Phi) is 5.15. The molecule has 30 heavy (non-hydrogen) atoms. The molecule has 0 aliphatic rings. The van der Waals surface area contributed by atoms with Crippen LogP contribution in [0.3, 0.4) is 0 Å². The molecule has 0 bridgehead atoms. The van der Waals surface area contributed by atoms with Gasteiger partial charge in [0.2, 0.25) is 5.78 Å². The third-order valence-electron chi connectivity index (χ3n) is 4.71. The molecular weight excluding hydrogens is 404 g/mol. The topological polar surface area (TPSA) is 136 Å². The fraction of sp³-hybridized carbons (Fsp3) is 0.150. The third-order valence-corrected chi connectivity index (χ3v) is 5.69. The van der Waals surface area contributed by atoms with Gasteiger partial charge in [0, 0.05) is 24.2 Å². The molecule has 4 N–H and O–H groups in total. The molecular formula is C20H18N6O3S. The van der Waals surface area contributed by atoms with E-state index in [1.165, 1.54) is 17.5 Å². The summed E-state index contributed by atoms with van der Waals surface area (Å²) in [5, 5.41) is 5.47. The molecule has 152 valence electrons. The average Bonchev–Trinajstić information content (AvgIpc) is 3.44. The number of hydrogen-bond acceptors (Lipinski definition) is 6. The van der Waals surface area contributed by atoms with E-state index in [9.17, 15) is 14.4 Å². The number of imidazole rings is 1. The molecule has 1 unspecified atom stereocenters. The van der Waals surface area contributed by atoms with Crippen molar-refractivity contribution in [2.24, 2.45) is 5.73 Å². The second-order valence-electron chi connectivity index (χ2n) is 6.65. The number of carbonyl (C=O) groups excluding carboxylic acids is 3. The van der Waals surface area contributed by atoms with Crippen molar-refractivity contribution in [1.29, 1.82) is 0 Å². The number of thiophene rings is 1. The number of aromatic nitrogens is 4. The third kappa shape index (κ3) is 3.60. The molecule has 4 rings (SSSR count). The number of amides is 2. The van der Waals surface area contributed by atoms with Crippen molar-refractivity contribution < 1.29 is 14.4 Å². The van der Waals surface area contributed by atoms with Crippen molar-refractivity contribution in [1.82, 2.24) is 24.8 Å². The van der Waals surface area contributed by atoms with E-state index in [4.69, 9.17) is 5.73 Å². The van der Waals surface area contributed by atoms with Gasteiger partial charge in [0.05, 0.1) is 11.0 Å². The van der Waals surface area contributed by atoms with Crippen LogP contribution in [-0.4, -0.2) is 43.2 Å². The fourth-order valence-electron chi connectivity index (χ4n) is 3.27. The lowest BCUT2D eigenvalue weighted by atomic mass is 10.0. The van der Waals surface area contributed by atoms with Gasteiger partial charge in [-0.15, -0.1) is 11.3 Å². The van der Waals surface area contributed by atoms with Crippen LogP contribution in [0.1, 0.15) is 21.9 Å². The van der Waals surface area contributed by atoms with Gasteiger partial charge in [0.25, 0.3) is 11.8 Å². The molecule has 0 radical (unpaired) electrons. The number of aryl methyl sites for hydroxylation is 1. The molecule has 1 atom stereocenters. The monoisotopic (exact) mass is 422 g/mol. The van der Waals surface area contributed by atoms with E-state index in [1.54, 1.807) is 42.1 Å². The maximum Gasteiger partial charge on any atom is 0.287 e. The van der Waals surface area contributed by atoms with Crippen molar-refractivity contribution in [2.75, 3.05) is 0 Å². The standard InChI is InChI=1S/C20H18N6O3S/c1-11-24-9-15(26(11)16-4-2-3-6-22-16)19(29)25-14(17(27)18(21)28)8-12-10-30-20-13(12)5-7-23-20/h2-7,9-10,14,23H,8H2,1H3,(H2,21,28)(H,25,29). The molecule has 0 aromatic carbocycles. The first-order valence-electron chi connectivity index (χ1n) is 9.09. The highest BCUT2D eigenvalue weighted by molar-refractivity contribution is 7.17. The zero-order chi connectivity index (χ0) is 21.3. The predicted molar refractivity (Wildman–Crippen MR) is 111 cm³/mol. The maximum atomic E-state index is 13.0. The van der Waals surface area contributed by atoms with Crippen molar-refractivity contribution >= 4 is 39.2 Å². The number of nitrogens with zero attached hydrogens (tertiary/aromatic N) is 3. The first kappa shape index (κ1) is 19.5. The number of nitrogens with two attached hydrogens (primary N) is 1. The highest BCUT2D eigenvalue weighted by Crippen LogP contribution is 2.26. The van der Waals surface area contributed by atoms with Crippen LogP contribution < -0.4 is 11.1 Å². The number of nitrogens with one attached hydrogen (secondary N) is 2. The molecule has 4 aromatic rings. The number of pyridine rings is 1. The summed E-state index contributed by atoms with van der Waals surface area (Å²) in [6.07, 6.45) is 4.94. The molecule has 0 fully saturated rings. The van der Waals surface area contributed by atoms with E-state index in [-0.39, 0.29) is 12.1 Å². The summed E-state index contributed by atoms with van der Waals surface area (Å²) in [5.74, 6) is -1.44. The average molecular weight is 422 g/mol. The summed E-state index contributed by atoms with van der Waals surface area (Å²) in [4.78, 5) is 49.5. The van der Waals surface area contributed by atoms with Crippen LogP contribution in [0.2, 0.25) is 0 Å². The van der Waals surface area contributed by atoms with E-state index >= 15 is 0 Å². The number of hydrogen-bond donors (Lipinski definition) is 3. The molecule has 0 saturated carbocycles. The molecule has 0 aliphatic carbocycles. The van der Waals surface area contributed by atoms with Gasteiger partial charge >= 0.3 is 0 Å². The predicted octanol–water partition coefficient (Wildman–Crippen LogP) is 1.51. The second kappa shape index (κ2) is 7.91. The van der Waals surface area contributed by atoms with Crippen molar-refractivity contribution in [2.45, 2.75) is 19.4 Å². The van der Waals surface area contributed by atoms with E-state index in [2.05, 4.69) is 20.3 Å². The van der Waals surface area contributed by atoms with Crippen LogP contribution in [-0.2, 0) is 16.0 Å². The zero-order valence-electron chi connectivity index (χ0n) is 16.0. The Morgan fingerprint density at radius 2 is 2.10 bits per heavy atom. The lowest BCUT2D eigenvalue weighted by molar-refractivity contribution is -0.137. The number of Topliss-reactive ketones (excluding diaryl/α,β-unsaturated/α-hetero) is 1. The Labute approximate surface area is 174 Å². The SMILES string of the molecule is Cc1ncc(C(=O)NC(Cc2csc3[nH]ccc23)C(=O)C(N)=O)n1-c1ccccn1. The summed E-state index contributed by atoms with van der Waals surface area (Å²) in [6.45, 7) is 1.74. The minimum Gasteiger partial charge on any atom is -0.363 e. The molecule has 0 spiro atoms. The number of fused-ring (bicyclic) bond motifs is 1. The van der Waals surface area contributed by atoms with E-state index in [0.29, 0.717) is 11.6 Å². The Morgan fingerprint density at radius 3 is 2.83 bits per heavy atom. The van der Waals surface area contributed by atoms with Gasteiger partial charge in [-0.2, -0.15) is 0 Å². The summed E-state index contributed by atoms with van der Waals surface area (Å²) >= 11 is 1.48. The Bertz CT molecular complexity index is 1240. The normalized spacial score (nSPS) is 12.0. The summed E-state index contributed by atoms with van der Waals surface area (Å²) in [6, 6.07) is 6.08. The van der Waals surface area contributed by atoms with Crippen molar-refractivity contribution in [3.8, 4) is 5.82 Å². The van der Waals surface area contributed by atoms with Crippen LogP contribution in [0.25, 0.3) is 16.0 Å². The molecule has 0 aliphatic heterocycles. The van der Waals surface area contributed by atoms with Crippen molar-refractivity contribution in [3.05, 3.63) is 65.3 Å². The number of rotatable bonds is 7. The van der Waals surface area contributed by atoms with Crippen molar-refractivity contribution in [3.63, 3.8) is 0 Å². The quantitative estimate of drug-likeness (QED) is 0.388. The summed E-state index contributed by atoms with van der Waals surface area (Å²) in [5.41, 5.74) is 6.27. The summed E-state index contributed by atoms with van der Waals surface area (Å²) < 4.78 is 1.58. The van der Waals surface area contributed by atoms with Crippen LogP contribution in [0.5, 0.6) is 0 Å². The minimum absolute atomic E-state index is 0.141. The number of primary amides is 1. The van der Waals surface area contributed by atoms with Gasteiger partial charge < -0.3 is 16.0 Å². The Balaban J connectivity index is 1.64. The second-order valence-corrected chi connectivity index (χ2v) is 7.53. The minimum atomic E-state index is -1.10. The van der Waals surface area contributed by atoms with Gasteiger partial charge in [-0.05, 0) is 36.1 Å². The van der Waals surface area contributed by atoms with Gasteiger partial charge in [-0.1, -0.05) is 6.07 Å². The van der Waals surface area contributed by atoms with E-state index in [1.807, 2.05) is 11.4 Å². The molecule has 4 aromatic heterocycles. The Morgan fingerprint density at radius 1 is 1.27 bits per heavy atom. The van der Waals surface area contributed by atoms with Gasteiger partial charge in [0.15, 0.2) is 0 Å². The zero-order valence-corrected chi connectivity index (χ0v) is 16.8. The number of carbonyl (C=O) groups is 3. The lowest BCUT2D eigenvalue weighted by Crippen LogP contribution is -2.47. The highest BCUT2D eigenvalue weighted by atomic mass is 32.1. The van der Waals surface area contributed by atoms with Gasteiger partial charge in [-0.3, -0.25) is 19.0 Å².